The third-order valence-electron chi connectivity index (χ3n) is 6.16. The molecule has 0 aromatic carbocycles. The molecule has 1 heterocycles. The molecule has 3 atom stereocenters. The fourth-order valence-electron chi connectivity index (χ4n) is 4.06. The van der Waals surface area contributed by atoms with Crippen molar-refractivity contribution in [2.75, 3.05) is 26.7 Å². The first kappa shape index (κ1) is 17.5. The highest BCUT2D eigenvalue weighted by Gasteiger charge is 2.49. The van der Waals surface area contributed by atoms with Crippen molar-refractivity contribution in [2.24, 2.45) is 11.8 Å². The Morgan fingerprint density at radius 1 is 1.09 bits per heavy atom. The first-order valence-electron chi connectivity index (χ1n) is 9.14. The van der Waals surface area contributed by atoms with Crippen molar-refractivity contribution < 1.29 is 14.1 Å². The molecule has 0 aromatic heterocycles. The smallest absolute Gasteiger partial charge is 0.233 e. The number of carbonyl (C=O) groups excluding carboxylic acids is 2. The number of imide groups is 1. The highest BCUT2D eigenvalue weighted by molar-refractivity contribution is 6.05. The number of quaternary nitrogens is 1. The van der Waals surface area contributed by atoms with Crippen molar-refractivity contribution in [1.29, 1.82) is 0 Å². The van der Waals surface area contributed by atoms with Crippen molar-refractivity contribution in [3.63, 3.8) is 0 Å². The van der Waals surface area contributed by atoms with Crippen LogP contribution in [0.2, 0.25) is 0 Å². The molecule has 2 amide bonds. The highest BCUT2D eigenvalue weighted by Crippen LogP contribution is 2.39. The van der Waals surface area contributed by atoms with Gasteiger partial charge in [-0.25, -0.2) is 0 Å². The number of amides is 2. The normalized spacial score (nSPS) is 27.2. The maximum Gasteiger partial charge on any atom is 0.233 e. The summed E-state index contributed by atoms with van der Waals surface area (Å²) in [6.45, 7) is 9.90. The van der Waals surface area contributed by atoms with Crippen molar-refractivity contribution in [1.82, 2.24) is 4.90 Å². The van der Waals surface area contributed by atoms with E-state index in [-0.39, 0.29) is 29.7 Å². The van der Waals surface area contributed by atoms with Crippen LogP contribution in [0.5, 0.6) is 0 Å². The second kappa shape index (κ2) is 7.12. The summed E-state index contributed by atoms with van der Waals surface area (Å²) in [6, 6.07) is 0.0627. The SMILES string of the molecule is CC[N+](C)(CC)CCC[C@H](C)N1C(=O)[C@H]2CCCC[C@H]2C1=O. The van der Waals surface area contributed by atoms with E-state index in [1.807, 2.05) is 0 Å². The first-order chi connectivity index (χ1) is 10.4. The third-order valence-corrected chi connectivity index (χ3v) is 6.16. The highest BCUT2D eigenvalue weighted by atomic mass is 16.2. The predicted molar refractivity (Wildman–Crippen MR) is 88.1 cm³/mol. The molecule has 1 saturated heterocycles. The molecule has 1 aliphatic carbocycles. The topological polar surface area (TPSA) is 37.4 Å². The Morgan fingerprint density at radius 2 is 1.59 bits per heavy atom. The number of hydrogen-bond acceptors (Lipinski definition) is 2. The monoisotopic (exact) mass is 309 g/mol. The molecule has 1 aliphatic heterocycles. The van der Waals surface area contributed by atoms with Gasteiger partial charge in [0.15, 0.2) is 0 Å². The summed E-state index contributed by atoms with van der Waals surface area (Å²) in [6.07, 6.45) is 6.05. The second-order valence-electron chi connectivity index (χ2n) is 7.51. The molecule has 0 N–H and O–H groups in total. The molecule has 126 valence electrons. The standard InChI is InChI=1S/C18H33N2O2/c1-5-20(4,6-2)13-9-10-14(3)19-17(21)15-11-7-8-12-16(15)18(19)22/h14-16H,5-13H2,1-4H3/q+1/t14-,15-,16+/m0/s1. The van der Waals surface area contributed by atoms with Crippen molar-refractivity contribution in [2.45, 2.75) is 65.3 Å². The van der Waals surface area contributed by atoms with Crippen molar-refractivity contribution in [3.8, 4) is 0 Å². The van der Waals surface area contributed by atoms with Crippen molar-refractivity contribution >= 4 is 11.8 Å². The van der Waals surface area contributed by atoms with Crippen LogP contribution in [0.25, 0.3) is 0 Å². The number of hydrogen-bond donors (Lipinski definition) is 0. The van der Waals surface area contributed by atoms with Crippen LogP contribution in [0.1, 0.15) is 59.3 Å². The fraction of sp³-hybridized carbons (Fsp3) is 0.889. The van der Waals surface area contributed by atoms with E-state index in [4.69, 9.17) is 0 Å². The fourth-order valence-corrected chi connectivity index (χ4v) is 4.06. The molecule has 0 spiro atoms. The lowest BCUT2D eigenvalue weighted by molar-refractivity contribution is -0.906. The number of rotatable bonds is 7. The lowest BCUT2D eigenvalue weighted by atomic mass is 9.81. The summed E-state index contributed by atoms with van der Waals surface area (Å²) in [5.74, 6) is 0.225. The van der Waals surface area contributed by atoms with E-state index in [2.05, 4.69) is 27.8 Å². The summed E-state index contributed by atoms with van der Waals surface area (Å²) in [7, 11) is 2.28. The number of likely N-dealkylation sites (tertiary alicyclic amines) is 1. The van der Waals surface area contributed by atoms with Crippen LogP contribution in [0.4, 0.5) is 0 Å². The summed E-state index contributed by atoms with van der Waals surface area (Å²) in [5.41, 5.74) is 0. The molecule has 22 heavy (non-hydrogen) atoms. The van der Waals surface area contributed by atoms with Gasteiger partial charge in [0.2, 0.25) is 11.8 Å². The Kier molecular flexibility index (Phi) is 5.65. The van der Waals surface area contributed by atoms with Crippen LogP contribution >= 0.6 is 0 Å². The predicted octanol–water partition coefficient (Wildman–Crippen LogP) is 2.82. The minimum atomic E-state index is -0.00368. The van der Waals surface area contributed by atoms with E-state index in [0.717, 1.165) is 62.6 Å². The van der Waals surface area contributed by atoms with Gasteiger partial charge in [-0.1, -0.05) is 12.8 Å². The largest absolute Gasteiger partial charge is 0.327 e. The zero-order valence-corrected chi connectivity index (χ0v) is 14.8. The minimum Gasteiger partial charge on any atom is -0.327 e. The molecule has 0 unspecified atom stereocenters. The molecule has 4 nitrogen and oxygen atoms in total. The molecule has 0 radical (unpaired) electrons. The molecule has 2 aliphatic rings. The van der Waals surface area contributed by atoms with Gasteiger partial charge >= 0.3 is 0 Å². The van der Waals surface area contributed by atoms with E-state index in [0.29, 0.717) is 0 Å². The molecule has 2 rings (SSSR count). The molecule has 0 bridgehead atoms. The quantitative estimate of drug-likeness (QED) is 0.536. The van der Waals surface area contributed by atoms with E-state index >= 15 is 0 Å². The molecular formula is C18H33N2O2+. The van der Waals surface area contributed by atoms with Gasteiger partial charge in [0, 0.05) is 6.04 Å². The Bertz CT molecular complexity index is 393. The molecule has 1 saturated carbocycles. The summed E-state index contributed by atoms with van der Waals surface area (Å²) < 4.78 is 1.07. The Morgan fingerprint density at radius 3 is 2.05 bits per heavy atom. The summed E-state index contributed by atoms with van der Waals surface area (Å²) in [5, 5.41) is 0. The van der Waals surface area contributed by atoms with Crippen LogP contribution in [-0.4, -0.2) is 53.9 Å². The maximum absolute atomic E-state index is 12.6. The van der Waals surface area contributed by atoms with Gasteiger partial charge in [-0.05, 0) is 46.5 Å². The van der Waals surface area contributed by atoms with Gasteiger partial charge in [0.25, 0.3) is 0 Å². The van der Waals surface area contributed by atoms with Crippen LogP contribution in [-0.2, 0) is 9.59 Å². The number of fused-ring (bicyclic) bond motifs is 1. The zero-order chi connectivity index (χ0) is 16.3. The minimum absolute atomic E-state index is 0.00368. The van der Waals surface area contributed by atoms with Crippen LogP contribution in [0.3, 0.4) is 0 Å². The first-order valence-corrected chi connectivity index (χ1v) is 9.14. The van der Waals surface area contributed by atoms with Gasteiger partial charge in [-0.15, -0.1) is 0 Å². The molecule has 0 aromatic rings. The van der Waals surface area contributed by atoms with E-state index in [1.165, 1.54) is 0 Å². The third kappa shape index (κ3) is 3.37. The molecular weight excluding hydrogens is 276 g/mol. The van der Waals surface area contributed by atoms with Crippen molar-refractivity contribution in [3.05, 3.63) is 0 Å². The van der Waals surface area contributed by atoms with Gasteiger partial charge < -0.3 is 4.48 Å². The molecule has 4 heteroatoms. The second-order valence-corrected chi connectivity index (χ2v) is 7.51. The van der Waals surface area contributed by atoms with E-state index in [9.17, 15) is 9.59 Å². The maximum atomic E-state index is 12.6. The van der Waals surface area contributed by atoms with Crippen LogP contribution < -0.4 is 0 Å². The van der Waals surface area contributed by atoms with E-state index < -0.39 is 0 Å². The number of carbonyl (C=O) groups is 2. The Labute approximate surface area is 135 Å². The van der Waals surface area contributed by atoms with Gasteiger partial charge in [0.1, 0.15) is 0 Å². The van der Waals surface area contributed by atoms with Crippen LogP contribution in [0.15, 0.2) is 0 Å². The number of nitrogens with zero attached hydrogens (tertiary/aromatic N) is 2. The summed E-state index contributed by atoms with van der Waals surface area (Å²) in [4.78, 5) is 26.7. The lowest BCUT2D eigenvalue weighted by Gasteiger charge is -2.33. The van der Waals surface area contributed by atoms with Gasteiger partial charge in [0.05, 0.1) is 38.5 Å². The lowest BCUT2D eigenvalue weighted by Crippen LogP contribution is -2.45. The Hall–Kier alpha value is -0.900. The van der Waals surface area contributed by atoms with Gasteiger partial charge in [-0.3, -0.25) is 14.5 Å². The average molecular weight is 309 g/mol. The van der Waals surface area contributed by atoms with Gasteiger partial charge in [-0.2, -0.15) is 0 Å². The Balaban J connectivity index is 1.91. The summed E-state index contributed by atoms with van der Waals surface area (Å²) >= 11 is 0. The molecule has 2 fully saturated rings. The zero-order valence-electron chi connectivity index (χ0n) is 14.8. The van der Waals surface area contributed by atoms with E-state index in [1.54, 1.807) is 4.90 Å². The van der Waals surface area contributed by atoms with Crippen LogP contribution in [0, 0.1) is 11.8 Å². The average Bonchev–Trinajstić information content (AvgIpc) is 2.79.